The van der Waals surface area contributed by atoms with E-state index in [-0.39, 0.29) is 29.5 Å². The van der Waals surface area contributed by atoms with Gasteiger partial charge in [0.2, 0.25) is 0 Å². The Morgan fingerprint density at radius 3 is 2.77 bits per heavy atom. The first kappa shape index (κ1) is 17.0. The zero-order valence-corrected chi connectivity index (χ0v) is 15.4. The molecule has 1 spiro atoms. The number of rotatable bonds is 0. The Bertz CT molecular complexity index is 743. The van der Waals surface area contributed by atoms with E-state index in [9.17, 15) is 20.1 Å². The maximum absolute atomic E-state index is 12.9. The molecule has 0 bridgehead atoms. The molecule has 3 N–H and O–H groups in total. The van der Waals surface area contributed by atoms with Gasteiger partial charge in [0.15, 0.2) is 0 Å². The lowest BCUT2D eigenvalue weighted by molar-refractivity contribution is -0.234. The summed E-state index contributed by atoms with van der Waals surface area (Å²) < 4.78 is 5.51. The summed E-state index contributed by atoms with van der Waals surface area (Å²) in [5, 5.41) is 33.9. The fourth-order valence-electron chi connectivity index (χ4n) is 7.15. The second kappa shape index (κ2) is 4.81. The van der Waals surface area contributed by atoms with Crippen LogP contribution in [0.4, 0.5) is 0 Å². The first-order valence-corrected chi connectivity index (χ1v) is 9.92. The van der Waals surface area contributed by atoms with Crippen LogP contribution in [-0.4, -0.2) is 44.7 Å². The molecule has 1 aliphatic heterocycles. The third-order valence-electron chi connectivity index (χ3n) is 8.60. The number of cyclic esters (lactones) is 1. The van der Waals surface area contributed by atoms with Gasteiger partial charge in [0.05, 0.1) is 6.10 Å². The van der Waals surface area contributed by atoms with Crippen molar-refractivity contribution in [3.63, 3.8) is 0 Å². The van der Waals surface area contributed by atoms with Gasteiger partial charge in [0, 0.05) is 11.8 Å². The highest BCUT2D eigenvalue weighted by atomic mass is 16.6. The van der Waals surface area contributed by atoms with Crippen molar-refractivity contribution in [3.8, 4) is 0 Å². The largest absolute Gasteiger partial charge is 0.462 e. The van der Waals surface area contributed by atoms with Crippen LogP contribution in [0.25, 0.3) is 0 Å². The lowest BCUT2D eigenvalue weighted by Crippen LogP contribution is -2.71. The lowest BCUT2D eigenvalue weighted by atomic mass is 9.46. The van der Waals surface area contributed by atoms with E-state index in [1.54, 1.807) is 0 Å². The molecule has 8 atom stereocenters. The van der Waals surface area contributed by atoms with Crippen molar-refractivity contribution in [2.75, 3.05) is 0 Å². The first-order valence-electron chi connectivity index (χ1n) is 9.92. The Kier molecular flexibility index (Phi) is 3.14. The van der Waals surface area contributed by atoms with E-state index < -0.39 is 22.6 Å². The minimum Gasteiger partial charge on any atom is -0.462 e. The molecule has 26 heavy (non-hydrogen) atoms. The Labute approximate surface area is 153 Å². The number of aliphatic hydroxyl groups excluding tert-OH is 1. The van der Waals surface area contributed by atoms with Gasteiger partial charge < -0.3 is 20.1 Å². The van der Waals surface area contributed by atoms with E-state index in [1.807, 2.05) is 25.2 Å². The quantitative estimate of drug-likeness (QED) is 0.453. The monoisotopic (exact) mass is 360 g/mol. The number of fused-ring (bicyclic) bond motifs is 4. The summed E-state index contributed by atoms with van der Waals surface area (Å²) in [4.78, 5) is 12.9. The van der Waals surface area contributed by atoms with Crippen LogP contribution in [0.15, 0.2) is 23.8 Å². The molecule has 3 fully saturated rings. The lowest BCUT2D eigenvalue weighted by Gasteiger charge is -2.61. The molecule has 0 aromatic rings. The predicted molar refractivity (Wildman–Crippen MR) is 93.9 cm³/mol. The second-order valence-electron chi connectivity index (χ2n) is 9.49. The fourth-order valence-corrected chi connectivity index (χ4v) is 7.15. The summed E-state index contributed by atoms with van der Waals surface area (Å²) >= 11 is 0. The predicted octanol–water partition coefficient (Wildman–Crippen LogP) is 1.86. The summed E-state index contributed by atoms with van der Waals surface area (Å²) in [6, 6.07) is 0. The number of carbonyl (C=O) groups is 1. The average molecular weight is 360 g/mol. The molecule has 5 aliphatic rings. The normalized spacial score (nSPS) is 57.6. The smallest absolute Gasteiger partial charge is 0.319 e. The van der Waals surface area contributed by atoms with Gasteiger partial charge in [0.25, 0.3) is 0 Å². The van der Waals surface area contributed by atoms with Crippen molar-refractivity contribution >= 4 is 5.97 Å². The van der Waals surface area contributed by atoms with Gasteiger partial charge in [0.1, 0.15) is 22.7 Å². The van der Waals surface area contributed by atoms with E-state index >= 15 is 0 Å². The van der Waals surface area contributed by atoms with Crippen LogP contribution >= 0.6 is 0 Å². The van der Waals surface area contributed by atoms with Gasteiger partial charge in [-0.1, -0.05) is 30.7 Å². The summed E-state index contributed by atoms with van der Waals surface area (Å²) in [5.41, 5.74) is -3.15. The van der Waals surface area contributed by atoms with E-state index in [2.05, 4.69) is 6.92 Å². The van der Waals surface area contributed by atoms with Crippen molar-refractivity contribution in [2.24, 2.45) is 22.7 Å². The molecule has 0 radical (unpaired) electrons. The maximum Gasteiger partial charge on any atom is 0.319 e. The Morgan fingerprint density at radius 1 is 1.23 bits per heavy atom. The molecule has 8 unspecified atom stereocenters. The summed E-state index contributed by atoms with van der Waals surface area (Å²) in [7, 11) is 0. The van der Waals surface area contributed by atoms with Crippen molar-refractivity contribution in [3.05, 3.63) is 23.8 Å². The van der Waals surface area contributed by atoms with Crippen LogP contribution in [0.1, 0.15) is 52.4 Å². The molecular formula is C21H28O5. The first-order chi connectivity index (χ1) is 12.2. The zero-order valence-electron chi connectivity index (χ0n) is 15.4. The van der Waals surface area contributed by atoms with Crippen molar-refractivity contribution < 1.29 is 24.9 Å². The maximum atomic E-state index is 12.9. The van der Waals surface area contributed by atoms with Crippen LogP contribution in [0, 0.1) is 22.7 Å². The molecule has 5 nitrogen and oxygen atoms in total. The Balaban J connectivity index is 1.68. The number of hydrogen-bond acceptors (Lipinski definition) is 5. The Hall–Kier alpha value is -1.17. The minimum atomic E-state index is -1.51. The van der Waals surface area contributed by atoms with E-state index in [4.69, 9.17) is 4.74 Å². The van der Waals surface area contributed by atoms with Crippen LogP contribution in [0.5, 0.6) is 0 Å². The average Bonchev–Trinajstić information content (AvgIpc) is 3.03. The number of carbonyl (C=O) groups excluding carboxylic acids is 1. The van der Waals surface area contributed by atoms with Crippen molar-refractivity contribution in [2.45, 2.75) is 75.8 Å². The van der Waals surface area contributed by atoms with Crippen LogP contribution < -0.4 is 0 Å². The number of ether oxygens (including phenoxy) is 1. The van der Waals surface area contributed by atoms with Crippen LogP contribution in [0.3, 0.4) is 0 Å². The SMILES string of the molecule is CC1OC(=O)C23C=CC4C5(C)CCC(O)CC5=CCC4(O)C2(O)CCC13. The number of aliphatic hydroxyl groups is 3. The molecule has 0 amide bonds. The molecule has 0 aromatic heterocycles. The van der Waals surface area contributed by atoms with E-state index in [1.165, 1.54) is 5.57 Å². The van der Waals surface area contributed by atoms with Gasteiger partial charge in [-0.05, 0) is 50.9 Å². The summed E-state index contributed by atoms with van der Waals surface area (Å²) in [6.07, 6.45) is 8.79. The highest BCUT2D eigenvalue weighted by Gasteiger charge is 2.78. The molecule has 5 heteroatoms. The number of esters is 1. The van der Waals surface area contributed by atoms with Crippen molar-refractivity contribution in [1.82, 2.24) is 0 Å². The number of hydrogen-bond donors (Lipinski definition) is 3. The molecule has 1 heterocycles. The molecule has 2 saturated carbocycles. The standard InChI is InChI=1S/C21H28O5/c1-12-15-5-10-21(25)19(15,17(23)26-12)8-6-16-18(2)7-4-14(22)11-13(18)3-9-20(16,21)24/h3,6,8,12,14-16,22,24-25H,4-5,7,9-11H2,1-2H3. The van der Waals surface area contributed by atoms with Gasteiger partial charge in [-0.3, -0.25) is 4.79 Å². The van der Waals surface area contributed by atoms with Gasteiger partial charge in [-0.15, -0.1) is 0 Å². The molecule has 1 saturated heterocycles. The van der Waals surface area contributed by atoms with Crippen LogP contribution in [-0.2, 0) is 9.53 Å². The minimum absolute atomic E-state index is 0.0902. The summed E-state index contributed by atoms with van der Waals surface area (Å²) in [5.74, 6) is -0.745. The fraction of sp³-hybridized carbons (Fsp3) is 0.762. The molecule has 5 rings (SSSR count). The molecular weight excluding hydrogens is 332 g/mol. The third-order valence-corrected chi connectivity index (χ3v) is 8.60. The molecule has 0 aromatic carbocycles. The van der Waals surface area contributed by atoms with Gasteiger partial charge in [-0.2, -0.15) is 0 Å². The van der Waals surface area contributed by atoms with E-state index in [0.717, 1.165) is 6.42 Å². The van der Waals surface area contributed by atoms with E-state index in [0.29, 0.717) is 32.1 Å². The highest BCUT2D eigenvalue weighted by Crippen LogP contribution is 2.69. The Morgan fingerprint density at radius 2 is 2.00 bits per heavy atom. The zero-order chi connectivity index (χ0) is 18.5. The molecule has 142 valence electrons. The van der Waals surface area contributed by atoms with Crippen molar-refractivity contribution in [1.29, 1.82) is 0 Å². The molecule has 4 aliphatic carbocycles. The van der Waals surface area contributed by atoms with Gasteiger partial charge >= 0.3 is 5.97 Å². The summed E-state index contributed by atoms with van der Waals surface area (Å²) in [6.45, 7) is 4.02. The second-order valence-corrected chi connectivity index (χ2v) is 9.49. The topological polar surface area (TPSA) is 87.0 Å². The highest BCUT2D eigenvalue weighted by molar-refractivity contribution is 5.85. The third kappa shape index (κ3) is 1.59. The van der Waals surface area contributed by atoms with Crippen LogP contribution in [0.2, 0.25) is 0 Å². The van der Waals surface area contributed by atoms with Gasteiger partial charge in [-0.25, -0.2) is 0 Å².